The summed E-state index contributed by atoms with van der Waals surface area (Å²) in [6, 6.07) is 4.70. The second-order valence-electron chi connectivity index (χ2n) is 4.32. The van der Waals surface area contributed by atoms with Crippen LogP contribution < -0.4 is 10.2 Å². The van der Waals surface area contributed by atoms with E-state index in [1.807, 2.05) is 11.9 Å². The maximum Gasteiger partial charge on any atom is 0.501 e. The third-order valence-corrected chi connectivity index (χ3v) is 4.31. The van der Waals surface area contributed by atoms with Gasteiger partial charge in [0.2, 0.25) is 0 Å². The van der Waals surface area contributed by atoms with Gasteiger partial charge in [-0.2, -0.15) is 13.2 Å². The van der Waals surface area contributed by atoms with Crippen molar-refractivity contribution in [3.8, 4) is 0 Å². The van der Waals surface area contributed by atoms with E-state index < -0.39 is 20.2 Å². The molecule has 0 aliphatic rings. The molecule has 20 heavy (non-hydrogen) atoms. The number of nitrogens with zero attached hydrogens (tertiary/aromatic N) is 1. The Balaban J connectivity index is 2.84. The topological polar surface area (TPSA) is 49.4 Å². The van der Waals surface area contributed by atoms with Gasteiger partial charge in [-0.15, -0.1) is 0 Å². The minimum Gasteiger partial charge on any atom is -0.375 e. The number of benzene rings is 1. The monoisotopic (exact) mass is 310 g/mol. The summed E-state index contributed by atoms with van der Waals surface area (Å²) in [4.78, 5) is 1.11. The molecule has 0 bridgehead atoms. The van der Waals surface area contributed by atoms with Gasteiger partial charge in [0.05, 0.1) is 4.90 Å². The number of alkyl halides is 3. The standard InChI is InChI=1S/C12H17F3N2O2S/c1-16-8-3-9-17(2)10-4-6-11(7-5-10)20(18,19)12(13,14)15/h4-7,16H,3,8-9H2,1-2H3. The molecule has 0 amide bonds. The fourth-order valence-electron chi connectivity index (χ4n) is 1.64. The zero-order valence-corrected chi connectivity index (χ0v) is 12.1. The number of hydrogen-bond acceptors (Lipinski definition) is 4. The van der Waals surface area contributed by atoms with E-state index in [9.17, 15) is 21.6 Å². The third kappa shape index (κ3) is 3.86. The van der Waals surface area contributed by atoms with Crippen LogP contribution in [0.5, 0.6) is 0 Å². The number of anilines is 1. The van der Waals surface area contributed by atoms with E-state index >= 15 is 0 Å². The zero-order chi connectivity index (χ0) is 15.4. The van der Waals surface area contributed by atoms with Gasteiger partial charge < -0.3 is 10.2 Å². The molecule has 0 saturated heterocycles. The average molecular weight is 310 g/mol. The van der Waals surface area contributed by atoms with E-state index in [0.717, 1.165) is 25.1 Å². The number of halogens is 3. The van der Waals surface area contributed by atoms with Gasteiger partial charge in [-0.05, 0) is 44.3 Å². The fraction of sp³-hybridized carbons (Fsp3) is 0.500. The van der Waals surface area contributed by atoms with E-state index in [2.05, 4.69) is 5.32 Å². The molecule has 8 heteroatoms. The molecule has 0 atom stereocenters. The Hall–Kier alpha value is -1.28. The number of nitrogens with one attached hydrogen (secondary N) is 1. The van der Waals surface area contributed by atoms with Crippen LogP contribution in [-0.2, 0) is 9.84 Å². The van der Waals surface area contributed by atoms with Crippen molar-refractivity contribution in [2.24, 2.45) is 0 Å². The Bertz CT molecular complexity index is 527. The van der Waals surface area contributed by atoms with Gasteiger partial charge in [0.15, 0.2) is 0 Å². The van der Waals surface area contributed by atoms with Crippen LogP contribution in [-0.4, -0.2) is 41.1 Å². The summed E-state index contributed by atoms with van der Waals surface area (Å²) >= 11 is 0. The predicted octanol–water partition coefficient (Wildman–Crippen LogP) is 2.03. The average Bonchev–Trinajstić information content (AvgIpc) is 2.37. The van der Waals surface area contributed by atoms with Crippen LogP contribution in [0.1, 0.15) is 6.42 Å². The van der Waals surface area contributed by atoms with Crippen LogP contribution in [0.25, 0.3) is 0 Å². The second-order valence-corrected chi connectivity index (χ2v) is 6.26. The lowest BCUT2D eigenvalue weighted by molar-refractivity contribution is -0.0436. The molecule has 0 spiro atoms. The molecule has 0 unspecified atom stereocenters. The molecule has 0 aliphatic heterocycles. The third-order valence-electron chi connectivity index (χ3n) is 2.81. The Labute approximate surface area is 116 Å². The van der Waals surface area contributed by atoms with Gasteiger partial charge >= 0.3 is 5.51 Å². The van der Waals surface area contributed by atoms with Gasteiger partial charge in [-0.25, -0.2) is 8.42 Å². The molecule has 114 valence electrons. The normalized spacial score (nSPS) is 12.4. The summed E-state index contributed by atoms with van der Waals surface area (Å²) in [7, 11) is -1.64. The van der Waals surface area contributed by atoms with Crippen molar-refractivity contribution in [2.45, 2.75) is 16.8 Å². The zero-order valence-electron chi connectivity index (χ0n) is 11.2. The highest BCUT2D eigenvalue weighted by molar-refractivity contribution is 7.92. The van der Waals surface area contributed by atoms with Gasteiger partial charge in [-0.3, -0.25) is 0 Å². The molecule has 0 fully saturated rings. The highest BCUT2D eigenvalue weighted by Crippen LogP contribution is 2.30. The Morgan fingerprint density at radius 2 is 1.75 bits per heavy atom. The van der Waals surface area contributed by atoms with Crippen molar-refractivity contribution in [1.29, 1.82) is 0 Å². The van der Waals surface area contributed by atoms with Crippen LogP contribution in [0.4, 0.5) is 18.9 Å². The van der Waals surface area contributed by atoms with Gasteiger partial charge in [0.25, 0.3) is 9.84 Å². The minimum atomic E-state index is -5.27. The minimum absolute atomic E-state index is 0.669. The summed E-state index contributed by atoms with van der Waals surface area (Å²) in [6.07, 6.45) is 0.871. The largest absolute Gasteiger partial charge is 0.501 e. The lowest BCUT2D eigenvalue weighted by atomic mass is 10.3. The Morgan fingerprint density at radius 3 is 2.20 bits per heavy atom. The van der Waals surface area contributed by atoms with Gasteiger partial charge in [-0.1, -0.05) is 0 Å². The molecule has 1 aromatic carbocycles. The molecular formula is C12H17F3N2O2S. The fourth-order valence-corrected chi connectivity index (χ4v) is 2.40. The molecule has 1 rings (SSSR count). The summed E-state index contributed by atoms with van der Waals surface area (Å²) in [5, 5.41) is 2.99. The molecular weight excluding hydrogens is 293 g/mol. The first-order valence-electron chi connectivity index (χ1n) is 5.97. The van der Waals surface area contributed by atoms with Crippen molar-refractivity contribution in [3.63, 3.8) is 0 Å². The Kier molecular flexibility index (Phi) is 5.41. The van der Waals surface area contributed by atoms with Crippen LogP contribution in [0.2, 0.25) is 0 Å². The van der Waals surface area contributed by atoms with E-state index in [-0.39, 0.29) is 0 Å². The highest BCUT2D eigenvalue weighted by atomic mass is 32.2. The van der Waals surface area contributed by atoms with E-state index in [0.29, 0.717) is 12.2 Å². The number of rotatable bonds is 6. The first-order valence-corrected chi connectivity index (χ1v) is 7.45. The second kappa shape index (κ2) is 6.45. The molecule has 4 nitrogen and oxygen atoms in total. The maximum absolute atomic E-state index is 12.4. The maximum atomic E-state index is 12.4. The van der Waals surface area contributed by atoms with Crippen molar-refractivity contribution >= 4 is 15.5 Å². The summed E-state index contributed by atoms with van der Waals surface area (Å²) in [5.74, 6) is 0. The van der Waals surface area contributed by atoms with Crippen molar-refractivity contribution in [1.82, 2.24) is 5.32 Å². The lowest BCUT2D eigenvalue weighted by Gasteiger charge is -2.19. The van der Waals surface area contributed by atoms with Crippen molar-refractivity contribution < 1.29 is 21.6 Å². The molecule has 1 aromatic rings. The summed E-state index contributed by atoms with van der Waals surface area (Å²) < 4.78 is 59.5. The van der Waals surface area contributed by atoms with Gasteiger partial charge in [0.1, 0.15) is 0 Å². The van der Waals surface area contributed by atoms with Crippen LogP contribution in [0, 0.1) is 0 Å². The van der Waals surface area contributed by atoms with Crippen LogP contribution in [0.3, 0.4) is 0 Å². The van der Waals surface area contributed by atoms with Crippen LogP contribution >= 0.6 is 0 Å². The molecule has 0 heterocycles. The van der Waals surface area contributed by atoms with E-state index in [1.54, 1.807) is 7.05 Å². The Morgan fingerprint density at radius 1 is 1.20 bits per heavy atom. The van der Waals surface area contributed by atoms with Crippen LogP contribution in [0.15, 0.2) is 29.2 Å². The highest BCUT2D eigenvalue weighted by Gasteiger charge is 2.46. The van der Waals surface area contributed by atoms with Gasteiger partial charge in [0, 0.05) is 19.3 Å². The molecule has 0 radical (unpaired) electrons. The van der Waals surface area contributed by atoms with E-state index in [1.165, 1.54) is 12.1 Å². The summed E-state index contributed by atoms with van der Waals surface area (Å²) in [5.41, 5.74) is -4.60. The number of sulfone groups is 1. The lowest BCUT2D eigenvalue weighted by Crippen LogP contribution is -2.24. The molecule has 0 saturated carbocycles. The molecule has 0 aromatic heterocycles. The number of hydrogen-bond donors (Lipinski definition) is 1. The first kappa shape index (κ1) is 16.8. The van der Waals surface area contributed by atoms with Crippen molar-refractivity contribution in [2.75, 3.05) is 32.1 Å². The first-order chi connectivity index (χ1) is 9.20. The molecule has 0 aliphatic carbocycles. The summed E-state index contributed by atoms with van der Waals surface area (Å²) in [6.45, 7) is 1.54. The SMILES string of the molecule is CNCCCN(C)c1ccc(S(=O)(=O)C(F)(F)F)cc1. The molecule has 1 N–H and O–H groups in total. The smallest absolute Gasteiger partial charge is 0.375 e. The predicted molar refractivity (Wildman–Crippen MR) is 71.5 cm³/mol. The quantitative estimate of drug-likeness (QED) is 0.817. The van der Waals surface area contributed by atoms with E-state index in [4.69, 9.17) is 0 Å². The van der Waals surface area contributed by atoms with Crippen molar-refractivity contribution in [3.05, 3.63) is 24.3 Å².